The van der Waals surface area contributed by atoms with Crippen LogP contribution in [0, 0.1) is 6.92 Å². The highest BCUT2D eigenvalue weighted by Gasteiger charge is 2.27. The largest absolute Gasteiger partial charge is 0.457 e. The van der Waals surface area contributed by atoms with Gasteiger partial charge < -0.3 is 14.8 Å². The van der Waals surface area contributed by atoms with Crippen molar-refractivity contribution >= 4 is 21.6 Å². The Morgan fingerprint density at radius 3 is 2.12 bits per heavy atom. The molecule has 42 heavy (non-hydrogen) atoms. The van der Waals surface area contributed by atoms with E-state index in [1.54, 1.807) is 48.5 Å². The third-order valence-electron chi connectivity index (χ3n) is 7.02. The number of ether oxygens (including phenoxy) is 2. The lowest BCUT2D eigenvalue weighted by atomic mass is 10.1. The Kier molecular flexibility index (Phi) is 9.53. The molecule has 4 aromatic carbocycles. The number of morpholine rings is 1. The lowest BCUT2D eigenvalue weighted by Crippen LogP contribution is -2.40. The van der Waals surface area contributed by atoms with Crippen molar-refractivity contribution in [1.82, 2.24) is 10.2 Å². The second-order valence-corrected chi connectivity index (χ2v) is 12.1. The highest BCUT2D eigenvalue weighted by molar-refractivity contribution is 7.92. The minimum absolute atomic E-state index is 0.112. The number of nitrogens with zero attached hydrogens (tertiary/aromatic N) is 2. The van der Waals surface area contributed by atoms with Gasteiger partial charge >= 0.3 is 0 Å². The Balaban J connectivity index is 1.27. The fourth-order valence-electron chi connectivity index (χ4n) is 4.62. The molecule has 0 unspecified atom stereocenters. The van der Waals surface area contributed by atoms with Crippen LogP contribution in [0.2, 0.25) is 0 Å². The van der Waals surface area contributed by atoms with Crippen molar-refractivity contribution in [2.75, 3.05) is 37.2 Å². The van der Waals surface area contributed by atoms with E-state index in [0.717, 1.165) is 48.3 Å². The third kappa shape index (κ3) is 7.76. The molecule has 0 aromatic heterocycles. The SMILES string of the molecule is Cc1ccc(S(=O)(=O)N(CC(=O)NCc2ccc(CN3CCOCC3)cc2)c2ccc(Oc3ccccc3)cc2)cc1. The Morgan fingerprint density at radius 1 is 0.833 bits per heavy atom. The number of hydrogen-bond donors (Lipinski definition) is 1. The van der Waals surface area contributed by atoms with E-state index < -0.39 is 15.9 Å². The number of hydrogen-bond acceptors (Lipinski definition) is 6. The van der Waals surface area contributed by atoms with E-state index in [1.165, 1.54) is 5.56 Å². The molecule has 8 nitrogen and oxygen atoms in total. The maximum Gasteiger partial charge on any atom is 0.264 e. The molecule has 0 atom stereocenters. The van der Waals surface area contributed by atoms with Crippen molar-refractivity contribution < 1.29 is 22.7 Å². The molecule has 0 saturated carbocycles. The van der Waals surface area contributed by atoms with Gasteiger partial charge in [-0.1, -0.05) is 60.2 Å². The van der Waals surface area contributed by atoms with Gasteiger partial charge in [0.05, 0.1) is 23.8 Å². The van der Waals surface area contributed by atoms with Gasteiger partial charge in [0.15, 0.2) is 0 Å². The summed E-state index contributed by atoms with van der Waals surface area (Å²) in [5.41, 5.74) is 3.43. The Labute approximate surface area is 247 Å². The number of anilines is 1. The number of aryl methyl sites for hydroxylation is 1. The topological polar surface area (TPSA) is 88.2 Å². The summed E-state index contributed by atoms with van der Waals surface area (Å²) >= 11 is 0. The van der Waals surface area contributed by atoms with Gasteiger partial charge in [-0.05, 0) is 66.6 Å². The average molecular weight is 586 g/mol. The quantitative estimate of drug-likeness (QED) is 0.263. The zero-order chi connectivity index (χ0) is 29.4. The molecule has 9 heteroatoms. The first-order valence-corrected chi connectivity index (χ1v) is 15.4. The van der Waals surface area contributed by atoms with Gasteiger partial charge in [0.2, 0.25) is 5.91 Å². The van der Waals surface area contributed by atoms with Crippen LogP contribution in [0.3, 0.4) is 0 Å². The number of para-hydroxylation sites is 1. The fourth-order valence-corrected chi connectivity index (χ4v) is 6.05. The molecule has 0 bridgehead atoms. The summed E-state index contributed by atoms with van der Waals surface area (Å²) in [5.74, 6) is 0.815. The minimum atomic E-state index is -4.02. The number of nitrogens with one attached hydrogen (secondary N) is 1. The van der Waals surface area contributed by atoms with Crippen LogP contribution in [0.5, 0.6) is 11.5 Å². The molecule has 1 heterocycles. The van der Waals surface area contributed by atoms with Crippen molar-refractivity contribution in [3.8, 4) is 11.5 Å². The smallest absolute Gasteiger partial charge is 0.264 e. The van der Waals surface area contributed by atoms with E-state index in [-0.39, 0.29) is 11.4 Å². The van der Waals surface area contributed by atoms with Gasteiger partial charge in [-0.2, -0.15) is 0 Å². The molecule has 0 spiro atoms. The second kappa shape index (κ2) is 13.7. The zero-order valence-corrected chi connectivity index (χ0v) is 24.4. The van der Waals surface area contributed by atoms with Crippen LogP contribution in [-0.4, -0.2) is 52.1 Å². The van der Waals surface area contributed by atoms with Gasteiger partial charge in [0.1, 0.15) is 18.0 Å². The number of carbonyl (C=O) groups excluding carboxylic acids is 1. The van der Waals surface area contributed by atoms with Crippen molar-refractivity contribution in [2.45, 2.75) is 24.9 Å². The maximum absolute atomic E-state index is 13.7. The van der Waals surface area contributed by atoms with Gasteiger partial charge in [-0.15, -0.1) is 0 Å². The summed E-state index contributed by atoms with van der Waals surface area (Å²) in [6.45, 7) is 6.02. The summed E-state index contributed by atoms with van der Waals surface area (Å²) < 4.78 is 39.9. The molecule has 1 amide bonds. The van der Waals surface area contributed by atoms with E-state index in [9.17, 15) is 13.2 Å². The average Bonchev–Trinajstić information content (AvgIpc) is 3.01. The fraction of sp³-hybridized carbons (Fsp3) is 0.242. The van der Waals surface area contributed by atoms with Crippen molar-refractivity contribution in [1.29, 1.82) is 0 Å². The van der Waals surface area contributed by atoms with E-state index in [4.69, 9.17) is 9.47 Å². The molecule has 1 fully saturated rings. The van der Waals surface area contributed by atoms with Crippen LogP contribution in [0.4, 0.5) is 5.69 Å². The normalized spacial score (nSPS) is 13.8. The first-order valence-electron chi connectivity index (χ1n) is 13.9. The van der Waals surface area contributed by atoms with Gasteiger partial charge in [-0.25, -0.2) is 8.42 Å². The Bertz CT molecular complexity index is 1550. The van der Waals surface area contributed by atoms with Crippen molar-refractivity contribution in [3.63, 3.8) is 0 Å². The van der Waals surface area contributed by atoms with E-state index in [2.05, 4.69) is 22.3 Å². The summed E-state index contributed by atoms with van der Waals surface area (Å²) in [6.07, 6.45) is 0. The van der Waals surface area contributed by atoms with E-state index in [1.807, 2.05) is 49.4 Å². The molecule has 4 aromatic rings. The zero-order valence-electron chi connectivity index (χ0n) is 23.6. The van der Waals surface area contributed by atoms with E-state index in [0.29, 0.717) is 23.7 Å². The van der Waals surface area contributed by atoms with Crippen molar-refractivity contribution in [3.05, 3.63) is 120 Å². The predicted octanol–water partition coefficient (Wildman–Crippen LogP) is 5.13. The number of carbonyl (C=O) groups is 1. The van der Waals surface area contributed by atoms with Crippen LogP contribution in [-0.2, 0) is 32.6 Å². The molecular formula is C33H35N3O5S. The Hall–Kier alpha value is -4.18. The number of benzene rings is 4. The highest BCUT2D eigenvalue weighted by atomic mass is 32.2. The summed E-state index contributed by atoms with van der Waals surface area (Å²) in [5, 5.41) is 2.88. The van der Waals surface area contributed by atoms with Crippen molar-refractivity contribution in [2.24, 2.45) is 0 Å². The van der Waals surface area contributed by atoms with Crippen LogP contribution >= 0.6 is 0 Å². The standard InChI is InChI=1S/C33H35N3O5S/c1-26-7-17-32(18-8-26)42(38,39)36(29-13-15-31(16-14-29)41-30-5-3-2-4-6-30)25-33(37)34-23-27-9-11-28(12-10-27)24-35-19-21-40-22-20-35/h2-18H,19-25H2,1H3,(H,34,37). The monoisotopic (exact) mass is 585 g/mol. The van der Waals surface area contributed by atoms with Gasteiger partial charge in [0, 0.05) is 26.2 Å². The van der Waals surface area contributed by atoms with Crippen LogP contribution < -0.4 is 14.4 Å². The van der Waals surface area contributed by atoms with Crippen LogP contribution in [0.25, 0.3) is 0 Å². The van der Waals surface area contributed by atoms with Gasteiger partial charge in [0.25, 0.3) is 10.0 Å². The molecule has 0 aliphatic carbocycles. The van der Waals surface area contributed by atoms with Gasteiger partial charge in [-0.3, -0.25) is 14.0 Å². The second-order valence-electron chi connectivity index (χ2n) is 10.2. The maximum atomic E-state index is 13.7. The number of rotatable bonds is 11. The molecule has 0 radical (unpaired) electrons. The highest BCUT2D eigenvalue weighted by Crippen LogP contribution is 2.28. The first-order chi connectivity index (χ1) is 20.4. The minimum Gasteiger partial charge on any atom is -0.457 e. The summed E-state index contributed by atoms with van der Waals surface area (Å²) in [4.78, 5) is 15.6. The predicted molar refractivity (Wildman–Crippen MR) is 163 cm³/mol. The first kappa shape index (κ1) is 29.3. The molecule has 218 valence electrons. The summed E-state index contributed by atoms with van der Waals surface area (Å²) in [7, 11) is -4.02. The molecule has 5 rings (SSSR count). The molecular weight excluding hydrogens is 550 g/mol. The number of amides is 1. The van der Waals surface area contributed by atoms with Crippen LogP contribution in [0.1, 0.15) is 16.7 Å². The number of sulfonamides is 1. The summed E-state index contributed by atoms with van der Waals surface area (Å²) in [6, 6.07) is 30.7. The third-order valence-corrected chi connectivity index (χ3v) is 8.81. The van der Waals surface area contributed by atoms with E-state index >= 15 is 0 Å². The lowest BCUT2D eigenvalue weighted by Gasteiger charge is -2.26. The molecule has 1 aliphatic heterocycles. The molecule has 1 aliphatic rings. The lowest BCUT2D eigenvalue weighted by molar-refractivity contribution is -0.119. The Morgan fingerprint density at radius 2 is 1.45 bits per heavy atom. The molecule has 1 N–H and O–H groups in total. The van der Waals surface area contributed by atoms with Crippen LogP contribution in [0.15, 0.2) is 108 Å². The molecule has 1 saturated heterocycles.